The van der Waals surface area contributed by atoms with Crippen molar-refractivity contribution in [2.45, 2.75) is 17.7 Å². The third-order valence-corrected chi connectivity index (χ3v) is 4.84. The van der Waals surface area contributed by atoms with Gasteiger partial charge in [0.1, 0.15) is 10.9 Å². The predicted octanol–water partition coefficient (Wildman–Crippen LogP) is 5.54. The second-order valence-corrected chi connectivity index (χ2v) is 6.41. The molecular formula is C16H12Cl2N2S. The predicted molar refractivity (Wildman–Crippen MR) is 90.3 cm³/mol. The number of thioether (sulfide) groups is 1. The molecule has 0 spiro atoms. The molecule has 0 saturated heterocycles. The lowest BCUT2D eigenvalue weighted by Gasteiger charge is -2.07. The molecule has 0 radical (unpaired) electrons. The lowest BCUT2D eigenvalue weighted by molar-refractivity contribution is 1.01. The maximum absolute atomic E-state index is 6.05. The zero-order chi connectivity index (χ0) is 14.8. The van der Waals surface area contributed by atoms with E-state index in [2.05, 4.69) is 9.97 Å². The van der Waals surface area contributed by atoms with E-state index in [0.717, 1.165) is 33.1 Å². The van der Waals surface area contributed by atoms with Gasteiger partial charge in [-0.1, -0.05) is 47.5 Å². The smallest absolute Gasteiger partial charge is 0.127 e. The number of rotatable bonds is 3. The number of para-hydroxylation sites is 1. The first kappa shape index (κ1) is 14.6. The van der Waals surface area contributed by atoms with Crippen LogP contribution < -0.4 is 0 Å². The summed E-state index contributed by atoms with van der Waals surface area (Å²) in [7, 11) is 0. The van der Waals surface area contributed by atoms with E-state index in [-0.39, 0.29) is 0 Å². The minimum absolute atomic E-state index is 0.578. The molecule has 2 nitrogen and oxygen atoms in total. The Morgan fingerprint density at radius 2 is 1.81 bits per heavy atom. The number of nitrogens with zero attached hydrogens (tertiary/aromatic N) is 2. The van der Waals surface area contributed by atoms with E-state index in [1.165, 1.54) is 0 Å². The molecule has 1 heterocycles. The molecule has 0 bridgehead atoms. The van der Waals surface area contributed by atoms with Crippen LogP contribution in [0.2, 0.25) is 10.0 Å². The van der Waals surface area contributed by atoms with Gasteiger partial charge < -0.3 is 0 Å². The highest BCUT2D eigenvalue weighted by Crippen LogP contribution is 2.30. The van der Waals surface area contributed by atoms with Gasteiger partial charge in [-0.3, -0.25) is 0 Å². The lowest BCUT2D eigenvalue weighted by atomic mass is 10.2. The lowest BCUT2D eigenvalue weighted by Crippen LogP contribution is -1.93. The van der Waals surface area contributed by atoms with Gasteiger partial charge in [0.15, 0.2) is 0 Å². The van der Waals surface area contributed by atoms with Crippen molar-refractivity contribution < 1.29 is 0 Å². The molecule has 0 atom stereocenters. The molecule has 3 aromatic rings. The fraction of sp³-hybridized carbons (Fsp3) is 0.125. The topological polar surface area (TPSA) is 25.8 Å². The van der Waals surface area contributed by atoms with Crippen molar-refractivity contribution in [3.8, 4) is 0 Å². The van der Waals surface area contributed by atoms with Crippen molar-refractivity contribution in [2.24, 2.45) is 0 Å². The summed E-state index contributed by atoms with van der Waals surface area (Å²) in [4.78, 5) is 9.00. The van der Waals surface area contributed by atoms with E-state index in [0.29, 0.717) is 10.0 Å². The summed E-state index contributed by atoms with van der Waals surface area (Å²) in [5.41, 5.74) is 2.09. The average molecular weight is 335 g/mol. The third-order valence-electron chi connectivity index (χ3n) is 3.04. The monoisotopic (exact) mass is 334 g/mol. The average Bonchev–Trinajstić information content (AvgIpc) is 2.48. The molecular weight excluding hydrogens is 323 g/mol. The van der Waals surface area contributed by atoms with Crippen LogP contribution in [-0.4, -0.2) is 9.97 Å². The Morgan fingerprint density at radius 3 is 2.62 bits per heavy atom. The van der Waals surface area contributed by atoms with Gasteiger partial charge in [-0.15, -0.1) is 11.8 Å². The van der Waals surface area contributed by atoms with Crippen LogP contribution in [0, 0.1) is 6.92 Å². The van der Waals surface area contributed by atoms with Crippen molar-refractivity contribution >= 4 is 45.9 Å². The van der Waals surface area contributed by atoms with Gasteiger partial charge in [0.2, 0.25) is 0 Å². The minimum Gasteiger partial charge on any atom is -0.233 e. The van der Waals surface area contributed by atoms with Crippen LogP contribution in [0.3, 0.4) is 0 Å². The molecule has 0 fully saturated rings. The summed E-state index contributed by atoms with van der Waals surface area (Å²) in [5, 5.41) is 3.23. The molecule has 0 aliphatic carbocycles. The summed E-state index contributed by atoms with van der Waals surface area (Å²) in [6.07, 6.45) is 0. The number of halogens is 2. The van der Waals surface area contributed by atoms with Crippen molar-refractivity contribution in [2.75, 3.05) is 0 Å². The summed E-state index contributed by atoms with van der Waals surface area (Å²) >= 11 is 13.7. The Morgan fingerprint density at radius 1 is 1.00 bits per heavy atom. The van der Waals surface area contributed by atoms with E-state index < -0.39 is 0 Å². The standard InChI is InChI=1S/C16H12Cl2N2S/c1-10-19-15-5-3-2-4-12(15)16(20-10)21-9-11-6-7-13(17)14(18)8-11/h2-8H,9H2,1H3. The highest BCUT2D eigenvalue weighted by atomic mass is 35.5. The Kier molecular flexibility index (Phi) is 4.34. The van der Waals surface area contributed by atoms with E-state index in [1.807, 2.05) is 49.4 Å². The zero-order valence-electron chi connectivity index (χ0n) is 11.3. The van der Waals surface area contributed by atoms with Crippen LogP contribution in [0.1, 0.15) is 11.4 Å². The van der Waals surface area contributed by atoms with Crippen LogP contribution in [0.4, 0.5) is 0 Å². The molecule has 0 aliphatic heterocycles. The summed E-state index contributed by atoms with van der Waals surface area (Å²) in [6.45, 7) is 1.91. The Balaban J connectivity index is 1.89. The van der Waals surface area contributed by atoms with Gasteiger partial charge in [0.25, 0.3) is 0 Å². The maximum Gasteiger partial charge on any atom is 0.127 e. The Labute approximate surface area is 137 Å². The molecule has 0 aliphatic rings. The first-order valence-corrected chi connectivity index (χ1v) is 8.18. The largest absolute Gasteiger partial charge is 0.233 e. The van der Waals surface area contributed by atoms with Gasteiger partial charge in [-0.25, -0.2) is 9.97 Å². The fourth-order valence-corrected chi connectivity index (χ4v) is 3.38. The zero-order valence-corrected chi connectivity index (χ0v) is 13.6. The molecule has 21 heavy (non-hydrogen) atoms. The fourth-order valence-electron chi connectivity index (χ4n) is 2.05. The van der Waals surface area contributed by atoms with Crippen molar-refractivity contribution in [3.05, 3.63) is 63.9 Å². The molecule has 0 unspecified atom stereocenters. The summed E-state index contributed by atoms with van der Waals surface area (Å²) in [6, 6.07) is 13.7. The number of fused-ring (bicyclic) bond motifs is 1. The SMILES string of the molecule is Cc1nc(SCc2ccc(Cl)c(Cl)c2)c2ccccc2n1. The Hall–Kier alpha value is -1.29. The normalized spacial score (nSPS) is 11.0. The van der Waals surface area contributed by atoms with Crippen molar-refractivity contribution in [1.82, 2.24) is 9.97 Å². The molecule has 2 aromatic carbocycles. The second kappa shape index (κ2) is 6.22. The maximum atomic E-state index is 6.05. The third kappa shape index (κ3) is 3.31. The van der Waals surface area contributed by atoms with Gasteiger partial charge in [0.05, 0.1) is 15.6 Å². The summed E-state index contributed by atoms with van der Waals surface area (Å²) in [5.74, 6) is 1.57. The molecule has 5 heteroatoms. The van der Waals surface area contributed by atoms with Crippen LogP contribution in [-0.2, 0) is 5.75 Å². The molecule has 1 aromatic heterocycles. The minimum atomic E-state index is 0.578. The van der Waals surface area contributed by atoms with Gasteiger partial charge in [0, 0.05) is 11.1 Å². The number of aromatic nitrogens is 2. The molecule has 0 amide bonds. The highest BCUT2D eigenvalue weighted by molar-refractivity contribution is 7.98. The molecule has 0 saturated carbocycles. The highest BCUT2D eigenvalue weighted by Gasteiger charge is 2.07. The van der Waals surface area contributed by atoms with E-state index in [1.54, 1.807) is 11.8 Å². The number of hydrogen-bond donors (Lipinski definition) is 0. The Bertz CT molecular complexity index is 805. The second-order valence-electron chi connectivity index (χ2n) is 4.63. The van der Waals surface area contributed by atoms with Gasteiger partial charge in [-0.2, -0.15) is 0 Å². The van der Waals surface area contributed by atoms with Gasteiger partial charge >= 0.3 is 0 Å². The van der Waals surface area contributed by atoms with E-state index in [9.17, 15) is 0 Å². The van der Waals surface area contributed by atoms with Crippen LogP contribution in [0.25, 0.3) is 10.9 Å². The first-order chi connectivity index (χ1) is 10.1. The molecule has 106 valence electrons. The quantitative estimate of drug-likeness (QED) is 0.464. The molecule has 3 rings (SSSR count). The van der Waals surface area contributed by atoms with Gasteiger partial charge in [-0.05, 0) is 30.7 Å². The van der Waals surface area contributed by atoms with Crippen LogP contribution >= 0.6 is 35.0 Å². The van der Waals surface area contributed by atoms with Crippen molar-refractivity contribution in [3.63, 3.8) is 0 Å². The van der Waals surface area contributed by atoms with Crippen LogP contribution in [0.15, 0.2) is 47.5 Å². The van der Waals surface area contributed by atoms with Crippen LogP contribution in [0.5, 0.6) is 0 Å². The molecule has 0 N–H and O–H groups in total. The van der Waals surface area contributed by atoms with Crippen molar-refractivity contribution in [1.29, 1.82) is 0 Å². The number of benzene rings is 2. The number of aryl methyl sites for hydroxylation is 1. The number of hydrogen-bond acceptors (Lipinski definition) is 3. The first-order valence-electron chi connectivity index (χ1n) is 6.43. The van der Waals surface area contributed by atoms with E-state index >= 15 is 0 Å². The summed E-state index contributed by atoms with van der Waals surface area (Å²) < 4.78 is 0. The van der Waals surface area contributed by atoms with E-state index in [4.69, 9.17) is 23.2 Å².